The summed E-state index contributed by atoms with van der Waals surface area (Å²) in [5, 5.41) is 5.94. The van der Waals surface area contributed by atoms with E-state index in [1.165, 1.54) is 24.6 Å². The number of hydrogen-bond donors (Lipinski definition) is 2. The van der Waals surface area contributed by atoms with Gasteiger partial charge in [0.15, 0.2) is 6.61 Å². The molecule has 1 aromatic carbocycles. The van der Waals surface area contributed by atoms with Gasteiger partial charge in [-0.2, -0.15) is 0 Å². The van der Waals surface area contributed by atoms with Gasteiger partial charge in [0.1, 0.15) is 10.8 Å². The van der Waals surface area contributed by atoms with Crippen LogP contribution in [0.2, 0.25) is 0 Å². The number of carbonyl (C=O) groups is 3. The van der Waals surface area contributed by atoms with Crippen molar-refractivity contribution in [1.29, 1.82) is 0 Å². The maximum atomic E-state index is 13.0. The van der Waals surface area contributed by atoms with Gasteiger partial charge >= 0.3 is 5.97 Å². The molecule has 0 spiro atoms. The zero-order chi connectivity index (χ0) is 23.2. The van der Waals surface area contributed by atoms with Crippen LogP contribution in [-0.4, -0.2) is 36.5 Å². The average molecular weight is 466 g/mol. The summed E-state index contributed by atoms with van der Waals surface area (Å²) in [6.45, 7) is -0.461. The van der Waals surface area contributed by atoms with Gasteiger partial charge < -0.3 is 20.1 Å². The van der Waals surface area contributed by atoms with Gasteiger partial charge in [-0.05, 0) is 55.5 Å². The summed E-state index contributed by atoms with van der Waals surface area (Å²) in [7, 11) is 1.51. The van der Waals surface area contributed by atoms with Crippen LogP contribution in [0, 0.1) is 0 Å². The van der Waals surface area contributed by atoms with E-state index in [1.807, 2.05) is 0 Å². The van der Waals surface area contributed by atoms with E-state index in [0.29, 0.717) is 27.6 Å². The van der Waals surface area contributed by atoms with Crippen molar-refractivity contribution in [1.82, 2.24) is 4.98 Å². The number of aryl methyl sites for hydroxylation is 1. The lowest BCUT2D eigenvalue weighted by Crippen LogP contribution is -2.22. The molecule has 4 rings (SSSR count). The zero-order valence-corrected chi connectivity index (χ0v) is 18.9. The Labute approximate surface area is 194 Å². The molecule has 2 heterocycles. The molecule has 0 radical (unpaired) electrons. The monoisotopic (exact) mass is 465 g/mol. The first-order chi connectivity index (χ1) is 16.1. The molecule has 0 unspecified atom stereocenters. The molecular formula is C24H23N3O5S. The number of anilines is 2. The number of nitrogens with one attached hydrogen (secondary N) is 2. The van der Waals surface area contributed by atoms with E-state index in [4.69, 9.17) is 9.47 Å². The van der Waals surface area contributed by atoms with E-state index in [-0.39, 0.29) is 5.91 Å². The Hall–Kier alpha value is -3.72. The van der Waals surface area contributed by atoms with Crippen LogP contribution in [0.3, 0.4) is 0 Å². The molecule has 1 aliphatic carbocycles. The van der Waals surface area contributed by atoms with Crippen LogP contribution in [0.5, 0.6) is 5.75 Å². The lowest BCUT2D eigenvalue weighted by Gasteiger charge is -2.13. The van der Waals surface area contributed by atoms with Gasteiger partial charge in [-0.25, -0.2) is 4.79 Å². The van der Waals surface area contributed by atoms with E-state index < -0.39 is 18.5 Å². The van der Waals surface area contributed by atoms with Gasteiger partial charge in [0.05, 0.1) is 23.9 Å². The third kappa shape index (κ3) is 5.20. The van der Waals surface area contributed by atoms with Crippen molar-refractivity contribution in [3.05, 3.63) is 70.4 Å². The second-order valence-electron chi connectivity index (χ2n) is 7.44. The number of pyridine rings is 1. The number of esters is 1. The first-order valence-electron chi connectivity index (χ1n) is 10.5. The van der Waals surface area contributed by atoms with Crippen LogP contribution in [-0.2, 0) is 22.4 Å². The summed E-state index contributed by atoms with van der Waals surface area (Å²) in [6, 6.07) is 10.3. The molecule has 0 bridgehead atoms. The summed E-state index contributed by atoms with van der Waals surface area (Å²) in [4.78, 5) is 43.1. The minimum Gasteiger partial charge on any atom is -0.495 e. The highest BCUT2D eigenvalue weighted by atomic mass is 32.1. The Morgan fingerprint density at radius 1 is 1.06 bits per heavy atom. The second-order valence-corrected chi connectivity index (χ2v) is 8.54. The third-order valence-corrected chi connectivity index (χ3v) is 6.45. The van der Waals surface area contributed by atoms with Crippen molar-refractivity contribution in [3.8, 4) is 5.75 Å². The predicted octanol–water partition coefficient (Wildman–Crippen LogP) is 4.08. The molecule has 8 nitrogen and oxygen atoms in total. The molecule has 0 saturated carbocycles. The quantitative estimate of drug-likeness (QED) is 0.509. The smallest absolute Gasteiger partial charge is 0.341 e. The molecular weight excluding hydrogens is 442 g/mol. The zero-order valence-electron chi connectivity index (χ0n) is 18.1. The largest absolute Gasteiger partial charge is 0.495 e. The molecule has 2 N–H and O–H groups in total. The van der Waals surface area contributed by atoms with Crippen LogP contribution in [0.25, 0.3) is 0 Å². The highest BCUT2D eigenvalue weighted by Gasteiger charge is 2.28. The molecule has 0 atom stereocenters. The van der Waals surface area contributed by atoms with E-state index in [0.717, 1.165) is 36.1 Å². The Kier molecular flexibility index (Phi) is 6.99. The van der Waals surface area contributed by atoms with Gasteiger partial charge in [-0.15, -0.1) is 11.3 Å². The van der Waals surface area contributed by atoms with Gasteiger partial charge in [0.25, 0.3) is 11.8 Å². The van der Waals surface area contributed by atoms with Crippen LogP contribution in [0.1, 0.15) is 44.0 Å². The minimum atomic E-state index is -0.633. The van der Waals surface area contributed by atoms with Crippen molar-refractivity contribution in [2.45, 2.75) is 25.7 Å². The number of para-hydroxylation sites is 2. The number of fused-ring (bicyclic) bond motifs is 1. The number of nitrogens with zero attached hydrogens (tertiary/aromatic N) is 1. The lowest BCUT2D eigenvalue weighted by atomic mass is 9.95. The van der Waals surface area contributed by atoms with Crippen molar-refractivity contribution < 1.29 is 23.9 Å². The van der Waals surface area contributed by atoms with Crippen molar-refractivity contribution in [2.24, 2.45) is 0 Å². The number of ether oxygens (including phenoxy) is 2. The Bertz CT molecular complexity index is 1180. The number of benzene rings is 1. The van der Waals surface area contributed by atoms with Crippen molar-refractivity contribution in [3.63, 3.8) is 0 Å². The van der Waals surface area contributed by atoms with Crippen molar-refractivity contribution >= 4 is 39.8 Å². The molecule has 33 heavy (non-hydrogen) atoms. The highest BCUT2D eigenvalue weighted by molar-refractivity contribution is 7.17. The molecule has 0 fully saturated rings. The molecule has 9 heteroatoms. The Balaban J connectivity index is 1.49. The topological polar surface area (TPSA) is 107 Å². The predicted molar refractivity (Wildman–Crippen MR) is 125 cm³/mol. The summed E-state index contributed by atoms with van der Waals surface area (Å²) >= 11 is 1.38. The van der Waals surface area contributed by atoms with Crippen LogP contribution < -0.4 is 15.4 Å². The van der Waals surface area contributed by atoms with E-state index in [9.17, 15) is 14.4 Å². The van der Waals surface area contributed by atoms with E-state index >= 15 is 0 Å². The fourth-order valence-corrected chi connectivity index (χ4v) is 4.95. The highest BCUT2D eigenvalue weighted by Crippen LogP contribution is 2.38. The minimum absolute atomic E-state index is 0.331. The molecule has 3 aromatic rings. The number of thiophene rings is 1. The maximum absolute atomic E-state index is 13.0. The van der Waals surface area contributed by atoms with E-state index in [1.54, 1.807) is 42.6 Å². The first kappa shape index (κ1) is 22.5. The number of rotatable bonds is 7. The average Bonchev–Trinajstić information content (AvgIpc) is 3.21. The second kappa shape index (κ2) is 10.3. The summed E-state index contributed by atoms with van der Waals surface area (Å²) in [5.74, 6) is -0.974. The summed E-state index contributed by atoms with van der Waals surface area (Å²) in [6.07, 6.45) is 6.60. The van der Waals surface area contributed by atoms with Gasteiger partial charge in [-0.3, -0.25) is 14.6 Å². The van der Waals surface area contributed by atoms with Gasteiger partial charge in [-0.1, -0.05) is 12.1 Å². The summed E-state index contributed by atoms with van der Waals surface area (Å²) in [5.41, 5.74) is 2.10. The number of methoxy groups -OCH3 is 1. The molecule has 0 saturated heterocycles. The molecule has 2 aromatic heterocycles. The fraction of sp³-hybridized carbons (Fsp3) is 0.250. The molecule has 1 aliphatic rings. The van der Waals surface area contributed by atoms with Crippen LogP contribution in [0.15, 0.2) is 48.8 Å². The summed E-state index contributed by atoms with van der Waals surface area (Å²) < 4.78 is 10.6. The Morgan fingerprint density at radius 2 is 1.88 bits per heavy atom. The number of amides is 2. The lowest BCUT2D eigenvalue weighted by molar-refractivity contribution is -0.119. The normalized spacial score (nSPS) is 12.4. The Morgan fingerprint density at radius 3 is 2.67 bits per heavy atom. The number of aromatic nitrogens is 1. The maximum Gasteiger partial charge on any atom is 0.341 e. The molecule has 0 aliphatic heterocycles. The number of carbonyl (C=O) groups excluding carboxylic acids is 3. The number of hydrogen-bond acceptors (Lipinski definition) is 7. The standard InChI is InChI=1S/C24H23N3O5S/c1-31-18-10-4-3-9-17(18)26-20(28)14-32-24(30)21-16-8-2-5-11-19(16)33-23(21)27-22(29)15-7-6-12-25-13-15/h3-4,6-7,9-10,12-13H,2,5,8,11,14H2,1H3,(H,26,28)(H,27,29). The van der Waals surface area contributed by atoms with Gasteiger partial charge in [0, 0.05) is 17.3 Å². The van der Waals surface area contributed by atoms with Crippen molar-refractivity contribution in [2.75, 3.05) is 24.4 Å². The van der Waals surface area contributed by atoms with Crippen LogP contribution >= 0.6 is 11.3 Å². The fourth-order valence-electron chi connectivity index (χ4n) is 3.68. The molecule has 2 amide bonds. The third-order valence-electron chi connectivity index (χ3n) is 5.24. The SMILES string of the molecule is COc1ccccc1NC(=O)COC(=O)c1c(NC(=O)c2cccnc2)sc2c1CCCC2. The van der Waals surface area contributed by atoms with E-state index in [2.05, 4.69) is 15.6 Å². The van der Waals surface area contributed by atoms with Crippen LogP contribution in [0.4, 0.5) is 10.7 Å². The molecule has 170 valence electrons. The first-order valence-corrected chi connectivity index (χ1v) is 11.3. The van der Waals surface area contributed by atoms with Gasteiger partial charge in [0.2, 0.25) is 0 Å².